The number of hydrogen-bond acceptors (Lipinski definition) is 2. The van der Waals surface area contributed by atoms with Gasteiger partial charge in [-0.15, -0.1) is 0 Å². The molecule has 0 aromatic rings. The summed E-state index contributed by atoms with van der Waals surface area (Å²) in [5.74, 6) is 0. The summed E-state index contributed by atoms with van der Waals surface area (Å²) in [6.45, 7) is 13.5. The summed E-state index contributed by atoms with van der Waals surface area (Å²) >= 11 is 0. The predicted octanol–water partition coefficient (Wildman–Crippen LogP) is 2.49. The van der Waals surface area contributed by atoms with Crippen LogP contribution in [0.1, 0.15) is 47.5 Å². The summed E-state index contributed by atoms with van der Waals surface area (Å²) in [6, 6.07) is 0.672. The lowest BCUT2D eigenvalue weighted by atomic mass is 10.1. The van der Waals surface area contributed by atoms with E-state index in [9.17, 15) is 0 Å². The fraction of sp³-hybridized carbons (Fsp3) is 1.00. The summed E-state index contributed by atoms with van der Waals surface area (Å²) in [7, 11) is 2.20. The maximum absolute atomic E-state index is 3.51. The lowest BCUT2D eigenvalue weighted by molar-refractivity contribution is 0.266. The molecule has 0 rings (SSSR count). The Morgan fingerprint density at radius 2 is 1.71 bits per heavy atom. The molecule has 2 nitrogen and oxygen atoms in total. The van der Waals surface area contributed by atoms with Crippen LogP contribution in [0.2, 0.25) is 0 Å². The Labute approximate surface area is 90.1 Å². The quantitative estimate of drug-likeness (QED) is 0.663. The summed E-state index contributed by atoms with van der Waals surface area (Å²) in [5, 5.41) is 3.51. The van der Waals surface area contributed by atoms with Gasteiger partial charge in [0.15, 0.2) is 0 Å². The second-order valence-corrected chi connectivity index (χ2v) is 5.46. The minimum atomic E-state index is 0.268. The molecule has 14 heavy (non-hydrogen) atoms. The minimum absolute atomic E-state index is 0.268. The van der Waals surface area contributed by atoms with E-state index in [1.54, 1.807) is 0 Å². The van der Waals surface area contributed by atoms with Crippen LogP contribution >= 0.6 is 0 Å². The standard InChI is InChI=1S/C12H28N2/c1-11(2)14(6)10-8-7-9-13-12(3,4)5/h11,13H,7-10H2,1-6H3. The first-order chi connectivity index (χ1) is 6.33. The molecule has 0 aliphatic carbocycles. The summed E-state index contributed by atoms with van der Waals surface area (Å²) in [5.41, 5.74) is 0.268. The largest absolute Gasteiger partial charge is 0.312 e. The van der Waals surface area contributed by atoms with Crippen LogP contribution in [0.5, 0.6) is 0 Å². The van der Waals surface area contributed by atoms with Gasteiger partial charge in [0.1, 0.15) is 0 Å². The number of nitrogens with one attached hydrogen (secondary N) is 1. The van der Waals surface area contributed by atoms with Gasteiger partial charge in [-0.1, -0.05) is 0 Å². The van der Waals surface area contributed by atoms with Gasteiger partial charge in [0.25, 0.3) is 0 Å². The second kappa shape index (κ2) is 6.41. The third-order valence-electron chi connectivity index (χ3n) is 2.47. The van der Waals surface area contributed by atoms with Crippen LogP contribution < -0.4 is 5.32 Å². The molecule has 0 aliphatic heterocycles. The summed E-state index contributed by atoms with van der Waals surface area (Å²) in [4.78, 5) is 2.40. The van der Waals surface area contributed by atoms with Crippen LogP contribution in [0, 0.1) is 0 Å². The third-order valence-corrected chi connectivity index (χ3v) is 2.47. The molecule has 0 aliphatic rings. The van der Waals surface area contributed by atoms with E-state index in [0.29, 0.717) is 6.04 Å². The van der Waals surface area contributed by atoms with Crippen molar-refractivity contribution < 1.29 is 0 Å². The predicted molar refractivity (Wildman–Crippen MR) is 64.8 cm³/mol. The second-order valence-electron chi connectivity index (χ2n) is 5.46. The molecule has 0 atom stereocenters. The highest BCUT2D eigenvalue weighted by atomic mass is 15.1. The molecule has 0 aromatic heterocycles. The van der Waals surface area contributed by atoms with Gasteiger partial charge < -0.3 is 10.2 Å². The molecule has 0 spiro atoms. The van der Waals surface area contributed by atoms with Gasteiger partial charge in [-0.2, -0.15) is 0 Å². The topological polar surface area (TPSA) is 15.3 Å². The van der Waals surface area contributed by atoms with Crippen LogP contribution in [0.4, 0.5) is 0 Å². The monoisotopic (exact) mass is 200 g/mol. The first-order valence-electron chi connectivity index (χ1n) is 5.78. The molecule has 1 N–H and O–H groups in total. The third kappa shape index (κ3) is 8.52. The molecule has 86 valence electrons. The lowest BCUT2D eigenvalue weighted by Crippen LogP contribution is -2.36. The van der Waals surface area contributed by atoms with Crippen molar-refractivity contribution in [1.82, 2.24) is 10.2 Å². The summed E-state index contributed by atoms with van der Waals surface area (Å²) in [6.07, 6.45) is 2.56. The average Bonchev–Trinajstić information content (AvgIpc) is 2.01. The van der Waals surface area contributed by atoms with Crippen molar-refractivity contribution in [2.75, 3.05) is 20.1 Å². The van der Waals surface area contributed by atoms with E-state index in [-0.39, 0.29) is 5.54 Å². The van der Waals surface area contributed by atoms with E-state index in [0.717, 1.165) is 6.54 Å². The maximum atomic E-state index is 3.51. The maximum Gasteiger partial charge on any atom is 0.00965 e. The Hall–Kier alpha value is -0.0800. The molecule has 0 aromatic carbocycles. The zero-order valence-electron chi connectivity index (χ0n) is 10.9. The van der Waals surface area contributed by atoms with Crippen molar-refractivity contribution in [3.8, 4) is 0 Å². The number of hydrogen-bond donors (Lipinski definition) is 1. The van der Waals surface area contributed by atoms with Crippen LogP contribution in [-0.2, 0) is 0 Å². The van der Waals surface area contributed by atoms with Crippen molar-refractivity contribution in [3.63, 3.8) is 0 Å². The number of unbranched alkanes of at least 4 members (excludes halogenated alkanes) is 1. The van der Waals surface area contributed by atoms with Gasteiger partial charge in [0.2, 0.25) is 0 Å². The Morgan fingerprint density at radius 3 is 2.14 bits per heavy atom. The molecular weight excluding hydrogens is 172 g/mol. The highest BCUT2D eigenvalue weighted by Gasteiger charge is 2.07. The van der Waals surface area contributed by atoms with Crippen molar-refractivity contribution in [3.05, 3.63) is 0 Å². The molecular formula is C12H28N2. The normalized spacial score (nSPS) is 12.9. The minimum Gasteiger partial charge on any atom is -0.312 e. The van der Waals surface area contributed by atoms with E-state index >= 15 is 0 Å². The zero-order valence-corrected chi connectivity index (χ0v) is 10.9. The molecule has 0 amide bonds. The van der Waals surface area contributed by atoms with Crippen LogP contribution in [0.25, 0.3) is 0 Å². The fourth-order valence-electron chi connectivity index (χ4n) is 1.21. The molecule has 0 fully saturated rings. The van der Waals surface area contributed by atoms with Gasteiger partial charge in [-0.3, -0.25) is 0 Å². The molecule has 0 saturated heterocycles. The van der Waals surface area contributed by atoms with Gasteiger partial charge in [0, 0.05) is 11.6 Å². The Bertz CT molecular complexity index is 136. The van der Waals surface area contributed by atoms with Crippen molar-refractivity contribution >= 4 is 0 Å². The van der Waals surface area contributed by atoms with Gasteiger partial charge in [-0.05, 0) is 67.6 Å². The smallest absolute Gasteiger partial charge is 0.00965 e. The summed E-state index contributed by atoms with van der Waals surface area (Å²) < 4.78 is 0. The zero-order chi connectivity index (χ0) is 11.2. The molecule has 0 saturated carbocycles. The lowest BCUT2D eigenvalue weighted by Gasteiger charge is -2.22. The average molecular weight is 200 g/mol. The molecule has 0 unspecified atom stereocenters. The highest BCUT2D eigenvalue weighted by Crippen LogP contribution is 2.01. The van der Waals surface area contributed by atoms with Crippen molar-refractivity contribution in [2.45, 2.75) is 59.0 Å². The van der Waals surface area contributed by atoms with E-state index in [1.807, 2.05) is 0 Å². The molecule has 0 bridgehead atoms. The van der Waals surface area contributed by atoms with Gasteiger partial charge in [-0.25, -0.2) is 0 Å². The number of nitrogens with zero attached hydrogens (tertiary/aromatic N) is 1. The van der Waals surface area contributed by atoms with E-state index < -0.39 is 0 Å². The molecule has 2 heteroatoms. The van der Waals surface area contributed by atoms with Crippen LogP contribution in [-0.4, -0.2) is 36.6 Å². The molecule has 0 heterocycles. The first kappa shape index (κ1) is 13.9. The first-order valence-corrected chi connectivity index (χ1v) is 5.78. The number of rotatable bonds is 6. The van der Waals surface area contributed by atoms with E-state index in [2.05, 4.69) is 51.9 Å². The Kier molecular flexibility index (Phi) is 6.38. The fourth-order valence-corrected chi connectivity index (χ4v) is 1.21. The Morgan fingerprint density at radius 1 is 1.14 bits per heavy atom. The van der Waals surface area contributed by atoms with Crippen molar-refractivity contribution in [1.29, 1.82) is 0 Å². The van der Waals surface area contributed by atoms with E-state index in [4.69, 9.17) is 0 Å². The highest BCUT2D eigenvalue weighted by molar-refractivity contribution is 4.69. The van der Waals surface area contributed by atoms with E-state index in [1.165, 1.54) is 19.4 Å². The SMILES string of the molecule is CC(C)N(C)CCCCNC(C)(C)C. The molecule has 0 radical (unpaired) electrons. The van der Waals surface area contributed by atoms with Gasteiger partial charge in [0.05, 0.1) is 0 Å². The van der Waals surface area contributed by atoms with Crippen molar-refractivity contribution in [2.24, 2.45) is 0 Å². The van der Waals surface area contributed by atoms with Crippen LogP contribution in [0.3, 0.4) is 0 Å². The van der Waals surface area contributed by atoms with Gasteiger partial charge >= 0.3 is 0 Å². The van der Waals surface area contributed by atoms with Crippen LogP contribution in [0.15, 0.2) is 0 Å². The Balaban J connectivity index is 3.30.